The van der Waals surface area contributed by atoms with Gasteiger partial charge in [-0.15, -0.1) is 46.4 Å². The van der Waals surface area contributed by atoms with Gasteiger partial charge < -0.3 is 4.65 Å². The molecule has 0 aliphatic rings. The zero-order chi connectivity index (χ0) is 8.20. The van der Waals surface area contributed by atoms with Crippen LogP contribution in [0.1, 0.15) is 6.42 Å². The summed E-state index contributed by atoms with van der Waals surface area (Å²) in [5.41, 5.74) is 0. The van der Waals surface area contributed by atoms with Crippen LogP contribution >= 0.6 is 46.4 Å². The molecule has 5 radical (unpaired) electrons. The van der Waals surface area contributed by atoms with Crippen LogP contribution < -0.4 is 4.65 Å². The Morgan fingerprint density at radius 1 is 1.50 bits per heavy atom. The normalized spacial score (nSPS) is 12.6. The molecule has 0 aromatic rings. The Morgan fingerprint density at radius 2 is 2.00 bits per heavy atom. The highest BCUT2D eigenvalue weighted by molar-refractivity contribution is 6.73. The van der Waals surface area contributed by atoms with Crippen molar-refractivity contribution >= 4 is 66.5 Å². The van der Waals surface area contributed by atoms with E-state index in [-0.39, 0.29) is 9.68 Å². The van der Waals surface area contributed by atoms with E-state index in [9.17, 15) is 0 Å². The molecule has 0 aliphatic carbocycles. The first-order valence-corrected chi connectivity index (χ1v) is 5.46. The smallest absolute Gasteiger partial charge is 0.177 e. The SMILES string of the molecule is [Si]N[Si]C(Cl)(Cl)CC(Cl)Cl. The van der Waals surface area contributed by atoms with E-state index in [0.29, 0.717) is 6.42 Å². The number of alkyl halides is 4. The lowest BCUT2D eigenvalue weighted by atomic mass is 10.5. The van der Waals surface area contributed by atoms with Gasteiger partial charge in [0.1, 0.15) is 19.2 Å². The molecule has 0 atom stereocenters. The highest BCUT2D eigenvalue weighted by Crippen LogP contribution is 2.28. The minimum atomic E-state index is -0.879. The maximum absolute atomic E-state index is 5.75. The van der Waals surface area contributed by atoms with Gasteiger partial charge in [-0.3, -0.25) is 0 Å². The topological polar surface area (TPSA) is 12.0 Å². The van der Waals surface area contributed by atoms with Gasteiger partial charge in [0.15, 0.2) is 9.68 Å². The number of hydrogen-bond acceptors (Lipinski definition) is 1. The first-order valence-electron chi connectivity index (χ1n) is 2.33. The van der Waals surface area contributed by atoms with Crippen LogP contribution in [0.3, 0.4) is 0 Å². The Labute approximate surface area is 86.1 Å². The van der Waals surface area contributed by atoms with Crippen molar-refractivity contribution in [2.75, 3.05) is 0 Å². The third-order valence-corrected chi connectivity index (χ3v) is 2.91. The number of hydrogen-bond donors (Lipinski definition) is 1. The molecule has 0 aromatic heterocycles. The molecule has 0 unspecified atom stereocenters. The molecule has 0 saturated heterocycles. The van der Waals surface area contributed by atoms with Gasteiger partial charge in [0.05, 0.1) is 0 Å². The molecule has 10 heavy (non-hydrogen) atoms. The Bertz CT molecular complexity index is 98.5. The van der Waals surface area contributed by atoms with Crippen LogP contribution in [-0.4, -0.2) is 28.9 Å². The molecule has 7 heteroatoms. The first kappa shape index (κ1) is 11.6. The molecule has 0 aliphatic heterocycles. The highest BCUT2D eigenvalue weighted by Gasteiger charge is 2.26. The summed E-state index contributed by atoms with van der Waals surface area (Å²) in [6.45, 7) is 0. The standard InChI is InChI=1S/C3H4Cl4NSi2/c4-2(5)1-3(6,7)10-8-9/h2,8H,1H2. The number of rotatable bonds is 4. The van der Waals surface area contributed by atoms with Crippen LogP contribution in [0.25, 0.3) is 0 Å². The largest absolute Gasteiger partial charge is 0.363 e. The molecule has 0 saturated carbocycles. The van der Waals surface area contributed by atoms with Crippen LogP contribution in [-0.2, 0) is 0 Å². The van der Waals surface area contributed by atoms with E-state index in [1.807, 2.05) is 0 Å². The molecule has 57 valence electrons. The van der Waals surface area contributed by atoms with Gasteiger partial charge in [-0.05, 0) is 0 Å². The molecule has 0 spiro atoms. The van der Waals surface area contributed by atoms with Crippen molar-refractivity contribution in [3.63, 3.8) is 0 Å². The van der Waals surface area contributed by atoms with Crippen LogP contribution in [0.4, 0.5) is 0 Å². The fourth-order valence-corrected chi connectivity index (χ4v) is 3.57. The van der Waals surface area contributed by atoms with E-state index < -0.39 is 8.79 Å². The zero-order valence-corrected chi connectivity index (χ0v) is 9.82. The van der Waals surface area contributed by atoms with Gasteiger partial charge in [-0.25, -0.2) is 0 Å². The van der Waals surface area contributed by atoms with Crippen molar-refractivity contribution in [3.05, 3.63) is 0 Å². The van der Waals surface area contributed by atoms with Crippen LogP contribution in [0.5, 0.6) is 0 Å². The molecule has 1 N–H and O–H groups in total. The van der Waals surface area contributed by atoms with Crippen LogP contribution in [0.2, 0.25) is 0 Å². The molecule has 0 aromatic carbocycles. The predicted octanol–water partition coefficient (Wildman–Crippen LogP) is 1.60. The monoisotopic (exact) mass is 250 g/mol. The van der Waals surface area contributed by atoms with Crippen molar-refractivity contribution in [2.24, 2.45) is 0 Å². The lowest BCUT2D eigenvalue weighted by Crippen LogP contribution is -2.34. The molecule has 0 rings (SSSR count). The van der Waals surface area contributed by atoms with Gasteiger partial charge >= 0.3 is 0 Å². The van der Waals surface area contributed by atoms with Crippen LogP contribution in [0, 0.1) is 0 Å². The first-order chi connectivity index (χ1) is 4.48. The Balaban J connectivity index is 3.63. The lowest BCUT2D eigenvalue weighted by molar-refractivity contribution is 0.921. The summed E-state index contributed by atoms with van der Waals surface area (Å²) in [5, 5.41) is 0. The average molecular weight is 252 g/mol. The molecule has 0 amide bonds. The Kier molecular flexibility index (Phi) is 6.06. The molecule has 1 nitrogen and oxygen atoms in total. The van der Waals surface area contributed by atoms with Crippen LogP contribution in [0.15, 0.2) is 0 Å². The van der Waals surface area contributed by atoms with Crippen molar-refractivity contribution in [1.82, 2.24) is 4.65 Å². The minimum Gasteiger partial charge on any atom is -0.363 e. The number of halogens is 4. The minimum absolute atomic E-state index is 0.160. The van der Waals surface area contributed by atoms with E-state index in [1.165, 1.54) is 0 Å². The van der Waals surface area contributed by atoms with E-state index in [0.717, 1.165) is 0 Å². The fourth-order valence-electron chi connectivity index (χ4n) is 0.336. The fraction of sp³-hybridized carbons (Fsp3) is 1.00. The summed E-state index contributed by atoms with van der Waals surface area (Å²) in [6, 6.07) is 0. The summed E-state index contributed by atoms with van der Waals surface area (Å²) in [5.74, 6) is 0. The van der Waals surface area contributed by atoms with E-state index in [4.69, 9.17) is 46.4 Å². The Morgan fingerprint density at radius 3 is 2.30 bits per heavy atom. The molecular weight excluding hydrogens is 248 g/mol. The second kappa shape index (κ2) is 5.24. The molecule has 0 fully saturated rings. The number of nitrogens with one attached hydrogen (secondary N) is 1. The van der Waals surface area contributed by atoms with Gasteiger partial charge in [-0.1, -0.05) is 0 Å². The maximum atomic E-state index is 5.75. The quantitative estimate of drug-likeness (QED) is 0.592. The second-order valence-electron chi connectivity index (χ2n) is 1.55. The van der Waals surface area contributed by atoms with Gasteiger partial charge in [0.2, 0.25) is 0 Å². The van der Waals surface area contributed by atoms with Gasteiger partial charge in [-0.2, -0.15) is 0 Å². The summed E-state index contributed by atoms with van der Waals surface area (Å²) < 4.78 is 1.79. The van der Waals surface area contributed by atoms with Gasteiger partial charge in [0.25, 0.3) is 0 Å². The van der Waals surface area contributed by atoms with E-state index >= 15 is 0 Å². The van der Waals surface area contributed by atoms with Crippen molar-refractivity contribution < 1.29 is 0 Å². The molecule has 0 heterocycles. The Hall–Kier alpha value is 1.55. The van der Waals surface area contributed by atoms with E-state index in [1.54, 1.807) is 0 Å². The predicted molar refractivity (Wildman–Crippen MR) is 49.2 cm³/mol. The molecule has 0 bridgehead atoms. The van der Waals surface area contributed by atoms with E-state index in [2.05, 4.69) is 15.1 Å². The van der Waals surface area contributed by atoms with Crippen molar-refractivity contribution in [2.45, 2.75) is 15.2 Å². The van der Waals surface area contributed by atoms with Crippen molar-refractivity contribution in [1.29, 1.82) is 0 Å². The highest BCUT2D eigenvalue weighted by atomic mass is 35.5. The zero-order valence-electron chi connectivity index (χ0n) is 4.80. The molecular formula is C3H4Cl4NSi2. The lowest BCUT2D eigenvalue weighted by Gasteiger charge is -2.17. The van der Waals surface area contributed by atoms with Crippen molar-refractivity contribution in [3.8, 4) is 0 Å². The maximum Gasteiger partial charge on any atom is 0.177 e. The summed E-state index contributed by atoms with van der Waals surface area (Å²) in [7, 11) is 3.19. The third kappa shape index (κ3) is 6.28. The summed E-state index contributed by atoms with van der Waals surface area (Å²) in [6.07, 6.45) is 0.342. The summed E-state index contributed by atoms with van der Waals surface area (Å²) in [4.78, 5) is -0.525. The second-order valence-corrected chi connectivity index (χ2v) is 7.05. The average Bonchev–Trinajstić information content (AvgIpc) is 1.59. The van der Waals surface area contributed by atoms with Gasteiger partial charge in [0, 0.05) is 6.42 Å². The summed E-state index contributed by atoms with van der Waals surface area (Å²) >= 11 is 22.4. The third-order valence-electron chi connectivity index (χ3n) is 0.656.